The first-order valence-electron chi connectivity index (χ1n) is 12.1. The smallest absolute Gasteiger partial charge is 0.427 e. The van der Waals surface area contributed by atoms with Crippen LogP contribution < -0.4 is 9.04 Å². The Labute approximate surface area is 222 Å². The molecule has 1 fully saturated rings. The zero-order valence-corrected chi connectivity index (χ0v) is 22.2. The summed E-state index contributed by atoms with van der Waals surface area (Å²) in [5, 5.41) is 9.60. The summed E-state index contributed by atoms with van der Waals surface area (Å²) < 4.78 is 92.3. The van der Waals surface area contributed by atoms with Gasteiger partial charge in [-0.2, -0.15) is 13.2 Å². The number of carbonyl (C=O) groups excluding carboxylic acids is 1. The molecule has 4 rings (SSSR count). The summed E-state index contributed by atoms with van der Waals surface area (Å²) in [7, 11) is -4.32. The Kier molecular flexibility index (Phi) is 7.12. The van der Waals surface area contributed by atoms with E-state index in [-0.39, 0.29) is 40.4 Å². The van der Waals surface area contributed by atoms with Gasteiger partial charge in [-0.05, 0) is 75.1 Å². The quantitative estimate of drug-likeness (QED) is 0.358. The lowest BCUT2D eigenvalue weighted by Crippen LogP contribution is -2.45. The summed E-state index contributed by atoms with van der Waals surface area (Å²) in [6, 6.07) is 7.33. The first-order chi connectivity index (χ1) is 17.9. The molecule has 0 radical (unpaired) electrons. The molecule has 0 unspecified atom stereocenters. The van der Waals surface area contributed by atoms with Gasteiger partial charge in [-0.25, -0.2) is 12.8 Å². The summed E-state index contributed by atoms with van der Waals surface area (Å²) in [5.41, 5.74) is -3.48. The number of nitrogens with zero attached hydrogens (tertiary/aromatic N) is 1. The third-order valence-electron chi connectivity index (χ3n) is 7.00. The van der Waals surface area contributed by atoms with Gasteiger partial charge in [0.05, 0.1) is 29.0 Å². The van der Waals surface area contributed by atoms with Gasteiger partial charge >= 0.3 is 18.1 Å². The fraction of sp³-hybridized carbons (Fsp3) is 0.462. The molecule has 8 nitrogen and oxygen atoms in total. The fourth-order valence-electron chi connectivity index (χ4n) is 4.34. The van der Waals surface area contributed by atoms with Crippen LogP contribution in [0.1, 0.15) is 44.2 Å². The molecule has 2 aromatic carbocycles. The van der Waals surface area contributed by atoms with Gasteiger partial charge in [0, 0.05) is 6.42 Å². The lowest BCUT2D eigenvalue weighted by atomic mass is 9.97. The number of benzene rings is 2. The van der Waals surface area contributed by atoms with Gasteiger partial charge in [0.1, 0.15) is 17.7 Å². The van der Waals surface area contributed by atoms with Crippen LogP contribution in [0.5, 0.6) is 5.75 Å². The van der Waals surface area contributed by atoms with Crippen molar-refractivity contribution in [3.05, 3.63) is 53.3 Å². The Morgan fingerprint density at radius 3 is 2.38 bits per heavy atom. The Hall–Kier alpha value is -3.35. The van der Waals surface area contributed by atoms with Crippen LogP contribution in [0.3, 0.4) is 0 Å². The number of hydrogen-bond donors (Lipinski definition) is 1. The number of carboxylic acids is 1. The standard InChI is InChI=1S/C26H27F4NO7S/c1-15-10-18(5-6-19(15)27)39(35,36)31-14-17(13-25(8-9-25)23(33)34)37-21-7-4-16(11-20(21)31)12-22(32)38-24(2,3)26(28,29)30/h4-7,10-11,17H,8-9,12-14H2,1-3H3,(H,33,34)/t17-/m0/s1. The SMILES string of the molecule is Cc1cc(S(=O)(=O)N2C[C@H](CC3(C(=O)O)CC3)Oc3ccc(CC(=O)OC(C)(C)C(F)(F)F)cc32)ccc1F. The van der Waals surface area contributed by atoms with E-state index in [1.165, 1.54) is 25.1 Å². The van der Waals surface area contributed by atoms with Crippen LogP contribution in [0.4, 0.5) is 23.2 Å². The summed E-state index contributed by atoms with van der Waals surface area (Å²) in [6.45, 7) is 2.57. The van der Waals surface area contributed by atoms with Crippen LogP contribution in [-0.4, -0.2) is 49.9 Å². The molecule has 1 heterocycles. The number of carbonyl (C=O) groups is 2. The molecule has 0 aromatic heterocycles. The number of alkyl halides is 3. The molecule has 1 atom stereocenters. The van der Waals surface area contributed by atoms with E-state index in [2.05, 4.69) is 4.74 Å². The molecule has 0 saturated heterocycles. The van der Waals surface area contributed by atoms with Crippen LogP contribution in [0.15, 0.2) is 41.3 Å². The Balaban J connectivity index is 1.69. The molecule has 2 aromatic rings. The van der Waals surface area contributed by atoms with E-state index in [9.17, 15) is 40.7 Å². The predicted molar refractivity (Wildman–Crippen MR) is 130 cm³/mol. The molecular formula is C26H27F4NO7S. The van der Waals surface area contributed by atoms with Gasteiger partial charge in [0.25, 0.3) is 10.0 Å². The summed E-state index contributed by atoms with van der Waals surface area (Å²) >= 11 is 0. The molecule has 0 spiro atoms. The molecular weight excluding hydrogens is 546 g/mol. The largest absolute Gasteiger partial charge is 0.486 e. The first-order valence-corrected chi connectivity index (χ1v) is 13.5. The lowest BCUT2D eigenvalue weighted by molar-refractivity contribution is -0.257. The minimum absolute atomic E-state index is 0.00813. The number of sulfonamides is 1. The molecule has 1 aliphatic heterocycles. The number of aryl methyl sites for hydroxylation is 1. The zero-order chi connectivity index (χ0) is 29.0. The molecule has 0 bridgehead atoms. The van der Waals surface area contributed by atoms with Crippen LogP contribution in [0.25, 0.3) is 0 Å². The number of esters is 1. The van der Waals surface area contributed by atoms with Crippen molar-refractivity contribution < 1.29 is 50.1 Å². The number of fused-ring (bicyclic) bond motifs is 1. The van der Waals surface area contributed by atoms with Gasteiger partial charge in [0.2, 0.25) is 5.60 Å². The van der Waals surface area contributed by atoms with E-state index >= 15 is 0 Å². The van der Waals surface area contributed by atoms with E-state index in [1.807, 2.05) is 0 Å². The van der Waals surface area contributed by atoms with Gasteiger partial charge in [-0.3, -0.25) is 13.9 Å². The lowest BCUT2D eigenvalue weighted by Gasteiger charge is -2.36. The van der Waals surface area contributed by atoms with E-state index < -0.39 is 57.5 Å². The van der Waals surface area contributed by atoms with Gasteiger partial charge in [-0.1, -0.05) is 6.07 Å². The molecule has 1 N–H and O–H groups in total. The van der Waals surface area contributed by atoms with E-state index in [1.54, 1.807) is 0 Å². The monoisotopic (exact) mass is 573 g/mol. The minimum atomic E-state index is -4.80. The van der Waals surface area contributed by atoms with Crippen LogP contribution in [0, 0.1) is 18.2 Å². The maximum Gasteiger partial charge on any atom is 0.427 e. The average Bonchev–Trinajstić information content (AvgIpc) is 3.60. The van der Waals surface area contributed by atoms with Crippen molar-refractivity contribution in [3.63, 3.8) is 0 Å². The van der Waals surface area contributed by atoms with Crippen LogP contribution >= 0.6 is 0 Å². The van der Waals surface area contributed by atoms with E-state index in [4.69, 9.17) is 4.74 Å². The molecule has 2 aliphatic rings. The second kappa shape index (κ2) is 9.68. The second-order valence-electron chi connectivity index (χ2n) is 10.4. The maximum atomic E-state index is 13.9. The maximum absolute atomic E-state index is 13.9. The Morgan fingerprint density at radius 1 is 1.15 bits per heavy atom. The Morgan fingerprint density at radius 2 is 1.82 bits per heavy atom. The topological polar surface area (TPSA) is 110 Å². The predicted octanol–water partition coefficient (Wildman–Crippen LogP) is 4.77. The van der Waals surface area contributed by atoms with Crippen LogP contribution in [-0.2, 0) is 30.8 Å². The average molecular weight is 574 g/mol. The van der Waals surface area contributed by atoms with Crippen molar-refractivity contribution in [1.82, 2.24) is 0 Å². The van der Waals surface area contributed by atoms with Crippen LogP contribution in [0.2, 0.25) is 0 Å². The van der Waals surface area contributed by atoms with Crippen molar-refractivity contribution in [3.8, 4) is 5.75 Å². The first kappa shape index (κ1) is 28.7. The molecule has 1 aliphatic carbocycles. The van der Waals surface area contributed by atoms with E-state index in [0.29, 0.717) is 26.7 Å². The number of halogens is 4. The third-order valence-corrected chi connectivity index (χ3v) is 8.77. The highest BCUT2D eigenvalue weighted by atomic mass is 32.2. The van der Waals surface area contributed by atoms with Crippen molar-refractivity contribution >= 4 is 27.6 Å². The fourth-order valence-corrected chi connectivity index (χ4v) is 5.93. The number of aliphatic carboxylic acids is 1. The normalized spacial score (nSPS) is 18.6. The number of ether oxygens (including phenoxy) is 2. The van der Waals surface area contributed by atoms with Crippen molar-refractivity contribution in [2.75, 3.05) is 10.8 Å². The van der Waals surface area contributed by atoms with Gasteiger partial charge in [0.15, 0.2) is 0 Å². The molecule has 13 heteroatoms. The van der Waals surface area contributed by atoms with Gasteiger partial charge in [-0.15, -0.1) is 0 Å². The van der Waals surface area contributed by atoms with E-state index in [0.717, 1.165) is 22.5 Å². The molecule has 212 valence electrons. The minimum Gasteiger partial charge on any atom is -0.486 e. The third kappa shape index (κ3) is 5.68. The number of rotatable bonds is 8. The summed E-state index contributed by atoms with van der Waals surface area (Å²) in [6.07, 6.45) is -5.30. The zero-order valence-electron chi connectivity index (χ0n) is 21.3. The summed E-state index contributed by atoms with van der Waals surface area (Å²) in [5.74, 6) is -2.69. The highest BCUT2D eigenvalue weighted by Gasteiger charge is 2.53. The second-order valence-corrected chi connectivity index (χ2v) is 12.3. The number of hydrogen-bond acceptors (Lipinski definition) is 6. The van der Waals surface area contributed by atoms with Crippen molar-refractivity contribution in [1.29, 1.82) is 0 Å². The Bertz CT molecular complexity index is 1420. The van der Waals surface area contributed by atoms with Crippen molar-refractivity contribution in [2.45, 2.75) is 69.2 Å². The number of carboxylic acid groups (broad SMARTS) is 1. The number of anilines is 1. The molecule has 39 heavy (non-hydrogen) atoms. The van der Waals surface area contributed by atoms with Gasteiger partial charge < -0.3 is 14.6 Å². The highest BCUT2D eigenvalue weighted by Crippen LogP contribution is 2.51. The molecule has 1 saturated carbocycles. The highest BCUT2D eigenvalue weighted by molar-refractivity contribution is 7.92. The summed E-state index contributed by atoms with van der Waals surface area (Å²) in [4.78, 5) is 23.8. The molecule has 0 amide bonds. The van der Waals surface area contributed by atoms with Crippen molar-refractivity contribution in [2.24, 2.45) is 5.41 Å².